The molecule has 136 valence electrons. The first-order valence-electron chi connectivity index (χ1n) is 7.20. The van der Waals surface area contributed by atoms with E-state index in [1.54, 1.807) is 0 Å². The lowest BCUT2D eigenvalue weighted by Crippen LogP contribution is -2.66. The highest BCUT2D eigenvalue weighted by molar-refractivity contribution is 5.73. The van der Waals surface area contributed by atoms with Crippen LogP contribution < -0.4 is 5.32 Å². The third kappa shape index (κ3) is 5.78. The maximum Gasteiger partial charge on any atom is 0.303 e. The number of carbonyl (C=O) groups is 4. The Morgan fingerprint density at radius 1 is 0.958 bits per heavy atom. The van der Waals surface area contributed by atoms with Gasteiger partial charge in [-0.2, -0.15) is 0 Å². The molecule has 1 saturated heterocycles. The highest BCUT2D eigenvalue weighted by Crippen LogP contribution is 2.26. The number of nitrogens with one attached hydrogen (secondary N) is 1. The van der Waals surface area contributed by atoms with Gasteiger partial charge in [0.2, 0.25) is 5.91 Å². The standard InChI is InChI=1S/C14H21NO9/c1-6(16)15-11-13(23-9(4)19)12(22-8(3)18)10(24-14(11)20)5-21-7(2)17/h10-14,20H,5H2,1-4H3,(H,15,16)/t10-,11+,12+,13-,14-/m1/s1. The van der Waals surface area contributed by atoms with Crippen LogP contribution in [-0.4, -0.2) is 66.2 Å². The van der Waals surface area contributed by atoms with Crippen LogP contribution >= 0.6 is 0 Å². The number of carbonyl (C=O) groups excluding carboxylic acids is 4. The second-order valence-electron chi connectivity index (χ2n) is 5.24. The Kier molecular flexibility index (Phi) is 7.11. The Balaban J connectivity index is 3.11. The molecule has 1 aliphatic rings. The van der Waals surface area contributed by atoms with Crippen LogP contribution in [0.5, 0.6) is 0 Å². The quantitative estimate of drug-likeness (QED) is 0.456. The van der Waals surface area contributed by atoms with Gasteiger partial charge in [0.15, 0.2) is 18.5 Å². The summed E-state index contributed by atoms with van der Waals surface area (Å²) >= 11 is 0. The van der Waals surface area contributed by atoms with Gasteiger partial charge in [-0.25, -0.2) is 0 Å². The Morgan fingerprint density at radius 2 is 1.50 bits per heavy atom. The molecule has 0 aromatic rings. The van der Waals surface area contributed by atoms with Crippen LogP contribution in [0.2, 0.25) is 0 Å². The average molecular weight is 347 g/mol. The number of esters is 3. The van der Waals surface area contributed by atoms with Gasteiger partial charge in [0.1, 0.15) is 18.8 Å². The molecule has 0 saturated carbocycles. The first-order valence-corrected chi connectivity index (χ1v) is 7.20. The minimum Gasteiger partial charge on any atom is -0.463 e. The molecular weight excluding hydrogens is 326 g/mol. The number of aliphatic hydroxyl groups is 1. The summed E-state index contributed by atoms with van der Waals surface area (Å²) in [5, 5.41) is 12.5. The van der Waals surface area contributed by atoms with Crippen molar-refractivity contribution < 1.29 is 43.2 Å². The largest absolute Gasteiger partial charge is 0.463 e. The van der Waals surface area contributed by atoms with E-state index < -0.39 is 54.5 Å². The summed E-state index contributed by atoms with van der Waals surface area (Å²) in [6.45, 7) is 4.28. The van der Waals surface area contributed by atoms with Crippen molar-refractivity contribution in [3.05, 3.63) is 0 Å². The van der Waals surface area contributed by atoms with E-state index in [9.17, 15) is 24.3 Å². The Bertz CT molecular complexity index is 506. The fourth-order valence-corrected chi connectivity index (χ4v) is 2.31. The molecule has 1 rings (SSSR count). The van der Waals surface area contributed by atoms with Gasteiger partial charge in [-0.1, -0.05) is 0 Å². The molecule has 0 unspecified atom stereocenters. The summed E-state index contributed by atoms with van der Waals surface area (Å²) in [5.41, 5.74) is 0. The van der Waals surface area contributed by atoms with Crippen molar-refractivity contribution in [3.63, 3.8) is 0 Å². The fourth-order valence-electron chi connectivity index (χ4n) is 2.31. The molecule has 10 heteroatoms. The van der Waals surface area contributed by atoms with Crippen LogP contribution in [-0.2, 0) is 38.1 Å². The van der Waals surface area contributed by atoms with Crippen LogP contribution in [0, 0.1) is 0 Å². The van der Waals surface area contributed by atoms with Crippen molar-refractivity contribution >= 4 is 23.8 Å². The van der Waals surface area contributed by atoms with Crippen molar-refractivity contribution in [2.24, 2.45) is 0 Å². The van der Waals surface area contributed by atoms with Crippen LogP contribution in [0.4, 0.5) is 0 Å². The number of rotatable bonds is 5. The van der Waals surface area contributed by atoms with E-state index in [0.29, 0.717) is 0 Å². The van der Waals surface area contributed by atoms with Gasteiger partial charge in [0.25, 0.3) is 0 Å². The van der Waals surface area contributed by atoms with Crippen LogP contribution in [0.3, 0.4) is 0 Å². The second kappa shape index (κ2) is 8.60. The predicted molar refractivity (Wildman–Crippen MR) is 76.2 cm³/mol. The molecule has 5 atom stereocenters. The van der Waals surface area contributed by atoms with Gasteiger partial charge in [-0.05, 0) is 0 Å². The van der Waals surface area contributed by atoms with E-state index in [-0.39, 0.29) is 6.61 Å². The lowest BCUT2D eigenvalue weighted by Gasteiger charge is -2.43. The summed E-state index contributed by atoms with van der Waals surface area (Å²) in [4.78, 5) is 45.0. The molecule has 0 aromatic carbocycles. The van der Waals surface area contributed by atoms with Gasteiger partial charge < -0.3 is 29.4 Å². The van der Waals surface area contributed by atoms with Crippen molar-refractivity contribution in [3.8, 4) is 0 Å². The Morgan fingerprint density at radius 3 is 1.96 bits per heavy atom. The molecule has 1 heterocycles. The zero-order valence-corrected chi connectivity index (χ0v) is 13.8. The molecule has 0 aromatic heterocycles. The minimum absolute atomic E-state index is 0.338. The number of hydrogen-bond acceptors (Lipinski definition) is 9. The first kappa shape index (κ1) is 19.8. The van der Waals surface area contributed by atoms with E-state index in [1.165, 1.54) is 13.8 Å². The summed E-state index contributed by atoms with van der Waals surface area (Å²) in [5.74, 6) is -2.54. The van der Waals surface area contributed by atoms with Crippen LogP contribution in [0.15, 0.2) is 0 Å². The Labute approximate surface area is 138 Å². The first-order chi connectivity index (χ1) is 11.1. The van der Waals surface area contributed by atoms with Crippen molar-refractivity contribution in [2.75, 3.05) is 6.61 Å². The van der Waals surface area contributed by atoms with E-state index in [4.69, 9.17) is 18.9 Å². The SMILES string of the molecule is CC(=O)N[C@H]1[C@@H](OC(C)=O)[C@@H](OC(C)=O)[C@@H](COC(C)=O)O[C@H]1O. The zero-order chi connectivity index (χ0) is 18.4. The monoisotopic (exact) mass is 347 g/mol. The smallest absolute Gasteiger partial charge is 0.303 e. The lowest BCUT2D eigenvalue weighted by atomic mass is 9.96. The van der Waals surface area contributed by atoms with E-state index in [0.717, 1.165) is 13.8 Å². The molecule has 0 spiro atoms. The van der Waals surface area contributed by atoms with Gasteiger partial charge in [0, 0.05) is 27.7 Å². The predicted octanol–water partition coefficient (Wildman–Crippen LogP) is -1.37. The summed E-state index contributed by atoms with van der Waals surface area (Å²) in [7, 11) is 0. The van der Waals surface area contributed by atoms with E-state index in [1.807, 2.05) is 0 Å². The van der Waals surface area contributed by atoms with Crippen LogP contribution in [0.25, 0.3) is 0 Å². The minimum atomic E-state index is -1.56. The zero-order valence-electron chi connectivity index (χ0n) is 13.8. The van der Waals surface area contributed by atoms with E-state index in [2.05, 4.69) is 5.32 Å². The lowest BCUT2D eigenvalue weighted by molar-refractivity contribution is -0.264. The van der Waals surface area contributed by atoms with E-state index >= 15 is 0 Å². The summed E-state index contributed by atoms with van der Waals surface area (Å²) in [6.07, 6.45) is -5.06. The molecule has 1 aliphatic heterocycles. The van der Waals surface area contributed by atoms with Gasteiger partial charge in [-0.15, -0.1) is 0 Å². The Hall–Kier alpha value is -2.20. The second-order valence-corrected chi connectivity index (χ2v) is 5.24. The van der Waals surface area contributed by atoms with Crippen molar-refractivity contribution in [2.45, 2.75) is 58.3 Å². The normalized spacial score (nSPS) is 29.3. The molecule has 1 amide bonds. The highest BCUT2D eigenvalue weighted by atomic mass is 16.7. The maximum atomic E-state index is 11.4. The molecule has 0 bridgehead atoms. The third-order valence-electron chi connectivity index (χ3n) is 3.09. The van der Waals surface area contributed by atoms with Gasteiger partial charge in [0.05, 0.1) is 0 Å². The number of ether oxygens (including phenoxy) is 4. The third-order valence-corrected chi connectivity index (χ3v) is 3.09. The van der Waals surface area contributed by atoms with Crippen LogP contribution in [0.1, 0.15) is 27.7 Å². The molecule has 2 N–H and O–H groups in total. The van der Waals surface area contributed by atoms with Gasteiger partial charge in [-0.3, -0.25) is 19.2 Å². The summed E-state index contributed by atoms with van der Waals surface area (Å²) in [6, 6.07) is -1.16. The molecule has 1 fully saturated rings. The molecular formula is C14H21NO9. The fraction of sp³-hybridized carbons (Fsp3) is 0.714. The molecule has 0 radical (unpaired) electrons. The maximum absolute atomic E-state index is 11.4. The number of aliphatic hydroxyl groups excluding tert-OH is 1. The van der Waals surface area contributed by atoms with Crippen molar-refractivity contribution in [1.29, 1.82) is 0 Å². The van der Waals surface area contributed by atoms with Crippen molar-refractivity contribution in [1.82, 2.24) is 5.32 Å². The highest BCUT2D eigenvalue weighted by Gasteiger charge is 2.50. The topological polar surface area (TPSA) is 137 Å². The average Bonchev–Trinajstić information content (AvgIpc) is 2.42. The van der Waals surface area contributed by atoms with Gasteiger partial charge >= 0.3 is 17.9 Å². The molecule has 24 heavy (non-hydrogen) atoms. The number of hydrogen-bond donors (Lipinski definition) is 2. The summed E-state index contributed by atoms with van der Waals surface area (Å²) < 4.78 is 20.3. The molecule has 0 aliphatic carbocycles. The molecule has 10 nitrogen and oxygen atoms in total. The number of amides is 1.